The second-order valence-corrected chi connectivity index (χ2v) is 6.58. The standard InChI is InChI=1S/C16H8N4O4S2/c17-8-11-3-1-10(2-4-11)7-13-15(21)19(16(25)26-13)18-9-12-5-6-14(24-12)20(22)23/h1-7,9H/b13-7+,18-9+. The Labute approximate surface area is 156 Å². The van der Waals surface area contributed by atoms with Gasteiger partial charge in [0.2, 0.25) is 0 Å². The Hall–Kier alpha value is -3.29. The Morgan fingerprint density at radius 3 is 2.65 bits per heavy atom. The molecule has 1 aromatic carbocycles. The molecule has 1 aromatic heterocycles. The summed E-state index contributed by atoms with van der Waals surface area (Å²) in [4.78, 5) is 22.7. The van der Waals surface area contributed by atoms with Gasteiger partial charge in [0, 0.05) is 0 Å². The number of thiocarbonyl (C=S) groups is 1. The molecule has 0 radical (unpaired) electrons. The third kappa shape index (κ3) is 3.69. The van der Waals surface area contributed by atoms with E-state index in [0.29, 0.717) is 10.5 Å². The van der Waals surface area contributed by atoms with Crippen LogP contribution in [0.1, 0.15) is 16.9 Å². The molecule has 1 fully saturated rings. The molecule has 1 aliphatic rings. The van der Waals surface area contributed by atoms with Crippen LogP contribution in [0.3, 0.4) is 0 Å². The summed E-state index contributed by atoms with van der Waals surface area (Å²) in [6.45, 7) is 0. The highest BCUT2D eigenvalue weighted by Gasteiger charge is 2.32. The molecule has 3 rings (SSSR count). The molecule has 1 saturated heterocycles. The lowest BCUT2D eigenvalue weighted by Gasteiger charge is -2.05. The lowest BCUT2D eigenvalue weighted by Crippen LogP contribution is -2.22. The van der Waals surface area contributed by atoms with E-state index in [1.165, 1.54) is 18.3 Å². The van der Waals surface area contributed by atoms with Crippen molar-refractivity contribution in [2.45, 2.75) is 0 Å². The molecule has 0 N–H and O–H groups in total. The SMILES string of the molecule is N#Cc1ccc(/C=C2/SC(=S)N(/N=C/c3ccc([N+](=O)[O-])o3)C2=O)cc1. The smallest absolute Gasteiger partial charge is 0.400 e. The van der Waals surface area contributed by atoms with Crippen molar-refractivity contribution in [3.63, 3.8) is 0 Å². The Morgan fingerprint density at radius 1 is 1.31 bits per heavy atom. The topological polar surface area (TPSA) is 113 Å². The number of benzene rings is 1. The highest BCUT2D eigenvalue weighted by Crippen LogP contribution is 2.32. The van der Waals surface area contributed by atoms with Gasteiger partial charge < -0.3 is 4.42 Å². The number of amides is 1. The first-order valence-corrected chi connectivity index (χ1v) is 8.27. The summed E-state index contributed by atoms with van der Waals surface area (Å²) < 4.78 is 5.17. The Balaban J connectivity index is 1.77. The minimum Gasteiger partial charge on any atom is -0.400 e. The van der Waals surface area contributed by atoms with Crippen LogP contribution in [0.15, 0.2) is 50.8 Å². The first-order chi connectivity index (χ1) is 12.5. The monoisotopic (exact) mass is 384 g/mol. The van der Waals surface area contributed by atoms with Crippen molar-refractivity contribution < 1.29 is 14.1 Å². The van der Waals surface area contributed by atoms with Crippen LogP contribution in [0, 0.1) is 21.4 Å². The molecule has 10 heteroatoms. The highest BCUT2D eigenvalue weighted by molar-refractivity contribution is 8.26. The third-order valence-electron chi connectivity index (χ3n) is 3.20. The van der Waals surface area contributed by atoms with Crippen molar-refractivity contribution >= 4 is 52.4 Å². The molecule has 0 bridgehead atoms. The molecule has 0 saturated carbocycles. The number of carbonyl (C=O) groups excluding carboxylic acids is 1. The average molecular weight is 384 g/mol. The summed E-state index contributed by atoms with van der Waals surface area (Å²) in [5, 5.41) is 24.4. The molecule has 26 heavy (non-hydrogen) atoms. The van der Waals surface area contributed by atoms with Gasteiger partial charge in [0.1, 0.15) is 4.92 Å². The quantitative estimate of drug-likeness (QED) is 0.261. The van der Waals surface area contributed by atoms with E-state index in [9.17, 15) is 14.9 Å². The van der Waals surface area contributed by atoms with Gasteiger partial charge in [-0.25, -0.2) is 0 Å². The normalized spacial score (nSPS) is 15.8. The van der Waals surface area contributed by atoms with E-state index < -0.39 is 16.7 Å². The van der Waals surface area contributed by atoms with Crippen LogP contribution >= 0.6 is 24.0 Å². The number of nitrogens with zero attached hydrogens (tertiary/aromatic N) is 4. The van der Waals surface area contributed by atoms with E-state index in [-0.39, 0.29) is 10.1 Å². The van der Waals surface area contributed by atoms with Gasteiger partial charge in [-0.1, -0.05) is 23.9 Å². The van der Waals surface area contributed by atoms with Gasteiger partial charge in [-0.3, -0.25) is 14.9 Å². The highest BCUT2D eigenvalue weighted by atomic mass is 32.2. The zero-order valence-corrected chi connectivity index (χ0v) is 14.5. The van der Waals surface area contributed by atoms with Crippen molar-refractivity contribution in [3.8, 4) is 6.07 Å². The van der Waals surface area contributed by atoms with Crippen LogP contribution in [0.4, 0.5) is 5.88 Å². The predicted octanol–water partition coefficient (Wildman–Crippen LogP) is 3.29. The fourth-order valence-electron chi connectivity index (χ4n) is 1.99. The van der Waals surface area contributed by atoms with E-state index in [1.807, 2.05) is 6.07 Å². The molecule has 2 heterocycles. The molecule has 128 valence electrons. The fourth-order valence-corrected chi connectivity index (χ4v) is 3.16. The van der Waals surface area contributed by atoms with Gasteiger partial charge in [0.25, 0.3) is 5.91 Å². The number of rotatable bonds is 4. The van der Waals surface area contributed by atoms with E-state index in [4.69, 9.17) is 21.9 Å². The van der Waals surface area contributed by atoms with E-state index in [1.54, 1.807) is 30.3 Å². The zero-order valence-electron chi connectivity index (χ0n) is 12.9. The van der Waals surface area contributed by atoms with Gasteiger partial charge >= 0.3 is 5.88 Å². The summed E-state index contributed by atoms with van der Waals surface area (Å²) in [5.41, 5.74) is 1.27. The molecule has 1 aliphatic heterocycles. The summed E-state index contributed by atoms with van der Waals surface area (Å²) in [6.07, 6.45) is 2.83. The van der Waals surface area contributed by atoms with Gasteiger partial charge in [-0.2, -0.15) is 15.4 Å². The van der Waals surface area contributed by atoms with Crippen LogP contribution in [-0.4, -0.2) is 26.4 Å². The average Bonchev–Trinajstić information content (AvgIpc) is 3.20. The number of nitro groups is 1. The minimum atomic E-state index is -0.669. The number of hydrazone groups is 1. The van der Waals surface area contributed by atoms with E-state index in [2.05, 4.69) is 5.10 Å². The maximum Gasteiger partial charge on any atom is 0.433 e. The number of thioether (sulfide) groups is 1. The largest absolute Gasteiger partial charge is 0.433 e. The first kappa shape index (κ1) is 17.5. The Bertz CT molecular complexity index is 1000. The molecular formula is C16H8N4O4S2. The predicted molar refractivity (Wildman–Crippen MR) is 99.1 cm³/mol. The molecule has 1 amide bonds. The first-order valence-electron chi connectivity index (χ1n) is 7.04. The maximum absolute atomic E-state index is 12.4. The van der Waals surface area contributed by atoms with Crippen LogP contribution in [-0.2, 0) is 4.79 Å². The maximum atomic E-state index is 12.4. The van der Waals surface area contributed by atoms with Crippen molar-refractivity contribution in [3.05, 3.63) is 68.3 Å². The number of nitriles is 1. The van der Waals surface area contributed by atoms with Crippen LogP contribution in [0.5, 0.6) is 0 Å². The van der Waals surface area contributed by atoms with Gasteiger partial charge in [-0.15, -0.1) is 0 Å². The summed E-state index contributed by atoms with van der Waals surface area (Å²) in [7, 11) is 0. The van der Waals surface area contributed by atoms with Crippen LogP contribution in [0.25, 0.3) is 6.08 Å². The van der Waals surface area contributed by atoms with Gasteiger partial charge in [0.05, 0.1) is 28.8 Å². The Morgan fingerprint density at radius 2 is 2.04 bits per heavy atom. The van der Waals surface area contributed by atoms with Crippen molar-refractivity contribution in [1.29, 1.82) is 5.26 Å². The lowest BCUT2D eigenvalue weighted by molar-refractivity contribution is -0.402. The van der Waals surface area contributed by atoms with Crippen LogP contribution in [0.2, 0.25) is 0 Å². The summed E-state index contributed by atoms with van der Waals surface area (Å²) >= 11 is 6.23. The van der Waals surface area contributed by atoms with Crippen LogP contribution < -0.4 is 0 Å². The third-order valence-corrected chi connectivity index (χ3v) is 4.49. The number of hydrogen-bond acceptors (Lipinski definition) is 8. The molecule has 0 spiro atoms. The molecule has 0 aliphatic carbocycles. The van der Waals surface area contributed by atoms with Crippen molar-refractivity contribution in [2.24, 2.45) is 5.10 Å². The minimum absolute atomic E-state index is 0.127. The lowest BCUT2D eigenvalue weighted by atomic mass is 10.1. The Kier molecular flexibility index (Phi) is 4.92. The second-order valence-electron chi connectivity index (χ2n) is 4.91. The van der Waals surface area contributed by atoms with Gasteiger partial charge in [0.15, 0.2) is 10.1 Å². The van der Waals surface area contributed by atoms with Gasteiger partial charge in [-0.05, 0) is 42.1 Å². The number of carbonyl (C=O) groups is 1. The molecule has 0 atom stereocenters. The molecule has 2 aromatic rings. The summed E-state index contributed by atoms with van der Waals surface area (Å²) in [5.74, 6) is -0.707. The zero-order chi connectivity index (χ0) is 18.7. The van der Waals surface area contributed by atoms with E-state index >= 15 is 0 Å². The van der Waals surface area contributed by atoms with Crippen molar-refractivity contribution in [1.82, 2.24) is 5.01 Å². The molecule has 0 unspecified atom stereocenters. The second kappa shape index (κ2) is 7.30. The molecular weight excluding hydrogens is 376 g/mol. The fraction of sp³-hybridized carbons (Fsp3) is 0. The number of hydrogen-bond donors (Lipinski definition) is 0. The van der Waals surface area contributed by atoms with E-state index in [0.717, 1.165) is 22.3 Å². The number of furan rings is 1. The summed E-state index contributed by atoms with van der Waals surface area (Å²) in [6, 6.07) is 11.3. The van der Waals surface area contributed by atoms with Crippen molar-refractivity contribution in [2.75, 3.05) is 0 Å². The molecule has 8 nitrogen and oxygen atoms in total.